The Morgan fingerprint density at radius 2 is 2.04 bits per heavy atom. The van der Waals surface area contributed by atoms with Gasteiger partial charge in [0.25, 0.3) is 0 Å². The first-order chi connectivity index (χ1) is 11.4. The largest absolute Gasteiger partial charge is 0.443 e. The summed E-state index contributed by atoms with van der Waals surface area (Å²) in [5, 5.41) is 1.23. The minimum atomic E-state index is -0.939. The fraction of sp³-hybridized carbons (Fsp3) is 0.471. The topological polar surface area (TPSA) is 57.2 Å². The summed E-state index contributed by atoms with van der Waals surface area (Å²) >= 11 is 3.53. The number of carbonyl (C=O) groups excluding carboxylic acids is 1. The molecule has 2 saturated heterocycles. The molecule has 1 aromatic rings. The van der Waals surface area contributed by atoms with Crippen molar-refractivity contribution >= 4 is 22.0 Å². The van der Waals surface area contributed by atoms with Crippen LogP contribution in [0.5, 0.6) is 0 Å². The number of ether oxygens (including phenoxy) is 3. The van der Waals surface area contributed by atoms with E-state index in [1.807, 2.05) is 56.3 Å². The molecule has 5 rings (SSSR count). The molecule has 7 heteroatoms. The first-order valence-corrected chi connectivity index (χ1v) is 8.60. The number of hydrogen-bond donors (Lipinski definition) is 0. The highest BCUT2D eigenvalue weighted by molar-refractivity contribution is 9.10. The van der Waals surface area contributed by atoms with Crippen LogP contribution in [0.2, 0.25) is 0 Å². The molecule has 0 unspecified atom stereocenters. The molecule has 2 bridgehead atoms. The number of rotatable bonds is 2. The van der Waals surface area contributed by atoms with Crippen LogP contribution >= 0.6 is 15.9 Å². The average molecular weight is 396 g/mol. The Hall–Kier alpha value is -1.41. The number of hydrogen-bond acceptors (Lipinski definition) is 5. The summed E-state index contributed by atoms with van der Waals surface area (Å²) in [4.78, 5) is 18.3. The van der Waals surface area contributed by atoms with E-state index in [-0.39, 0.29) is 24.9 Å². The maximum atomic E-state index is 12.5. The number of hydroxylamine groups is 2. The van der Waals surface area contributed by atoms with Crippen molar-refractivity contribution in [2.75, 3.05) is 0 Å². The van der Waals surface area contributed by atoms with Crippen LogP contribution in [0.25, 0.3) is 0 Å². The van der Waals surface area contributed by atoms with E-state index in [1.165, 1.54) is 5.06 Å². The molecule has 6 nitrogen and oxygen atoms in total. The highest BCUT2D eigenvalue weighted by Gasteiger charge is 2.63. The second-order valence-corrected chi connectivity index (χ2v) is 7.76. The van der Waals surface area contributed by atoms with Gasteiger partial charge in [-0.3, -0.25) is 0 Å². The molecular formula is C17H18BrNO5. The van der Waals surface area contributed by atoms with Crippen molar-refractivity contribution in [3.8, 4) is 0 Å². The fourth-order valence-corrected chi connectivity index (χ4v) is 3.89. The zero-order chi connectivity index (χ0) is 16.9. The Kier molecular flexibility index (Phi) is 3.72. The van der Waals surface area contributed by atoms with Gasteiger partial charge < -0.3 is 14.2 Å². The normalized spacial score (nSPS) is 35.8. The second kappa shape index (κ2) is 5.56. The standard InChI is InChI=1S/C17H18BrNO5/c1-16(2)22-13-12-8-9-17(18,14(13)23-16)24-19(12)15(20)21-10-11-6-4-3-5-7-11/h3-9,12-14H,10H2,1-2H3/t12-,13-,14-,17+/m0/s1. The molecule has 4 aliphatic rings. The molecule has 24 heavy (non-hydrogen) atoms. The number of carbonyl (C=O) groups is 1. The summed E-state index contributed by atoms with van der Waals surface area (Å²) in [5.41, 5.74) is 0.913. The van der Waals surface area contributed by atoms with Gasteiger partial charge in [0.1, 0.15) is 24.9 Å². The van der Waals surface area contributed by atoms with Crippen molar-refractivity contribution in [2.24, 2.45) is 0 Å². The third kappa shape index (κ3) is 2.65. The van der Waals surface area contributed by atoms with Crippen LogP contribution in [0, 0.1) is 0 Å². The van der Waals surface area contributed by atoms with Crippen LogP contribution in [0.3, 0.4) is 0 Å². The van der Waals surface area contributed by atoms with E-state index in [4.69, 9.17) is 19.0 Å². The number of halogens is 1. The van der Waals surface area contributed by atoms with Crippen molar-refractivity contribution in [1.29, 1.82) is 0 Å². The molecule has 1 amide bonds. The van der Waals surface area contributed by atoms with E-state index in [9.17, 15) is 4.79 Å². The molecule has 2 fully saturated rings. The Morgan fingerprint density at radius 1 is 1.29 bits per heavy atom. The third-order valence-corrected chi connectivity index (χ3v) is 5.13. The van der Waals surface area contributed by atoms with Crippen LogP contribution in [-0.2, 0) is 25.7 Å². The maximum Gasteiger partial charge on any atom is 0.435 e. The number of fused-ring (bicyclic) bond motifs is 1. The summed E-state index contributed by atoms with van der Waals surface area (Å²) in [6, 6.07) is 9.12. The van der Waals surface area contributed by atoms with Crippen molar-refractivity contribution in [3.63, 3.8) is 0 Å². The molecule has 128 valence electrons. The van der Waals surface area contributed by atoms with Gasteiger partial charge in [0.15, 0.2) is 10.3 Å². The smallest absolute Gasteiger partial charge is 0.435 e. The van der Waals surface area contributed by atoms with Gasteiger partial charge in [-0.05, 0) is 41.4 Å². The first kappa shape index (κ1) is 16.1. The predicted molar refractivity (Wildman–Crippen MR) is 88.0 cm³/mol. The van der Waals surface area contributed by atoms with Gasteiger partial charge in [0.05, 0.1) is 0 Å². The summed E-state index contributed by atoms with van der Waals surface area (Å²) in [6.07, 6.45) is 2.53. The molecule has 1 aliphatic carbocycles. The van der Waals surface area contributed by atoms with Crippen molar-refractivity contribution in [2.45, 2.75) is 49.0 Å². The SMILES string of the molecule is CC1(C)O[C@H]2[C@@H]3C=C[C@@](Br)(ON3C(=O)OCc3ccccc3)[C@H]2O1. The first-order valence-electron chi connectivity index (χ1n) is 7.81. The van der Waals surface area contributed by atoms with Crippen LogP contribution in [-0.4, -0.2) is 39.7 Å². The molecule has 4 atom stereocenters. The summed E-state index contributed by atoms with van der Waals surface area (Å²) < 4.78 is 16.3. The van der Waals surface area contributed by atoms with Crippen molar-refractivity contribution in [3.05, 3.63) is 48.0 Å². The van der Waals surface area contributed by atoms with Crippen LogP contribution < -0.4 is 0 Å². The van der Waals surface area contributed by atoms with Gasteiger partial charge in [-0.1, -0.05) is 36.4 Å². The minimum absolute atomic E-state index is 0.183. The van der Waals surface area contributed by atoms with Gasteiger partial charge in [0.2, 0.25) is 0 Å². The van der Waals surface area contributed by atoms with E-state index in [1.54, 1.807) is 0 Å². The lowest BCUT2D eigenvalue weighted by Crippen LogP contribution is -2.65. The molecular weight excluding hydrogens is 378 g/mol. The Balaban J connectivity index is 1.49. The number of amides is 1. The quantitative estimate of drug-likeness (QED) is 0.568. The van der Waals surface area contributed by atoms with Gasteiger partial charge in [-0.2, -0.15) is 5.06 Å². The maximum absolute atomic E-state index is 12.5. The minimum Gasteiger partial charge on any atom is -0.443 e. The number of nitrogens with zero attached hydrogens (tertiary/aromatic N) is 1. The lowest BCUT2D eigenvalue weighted by Gasteiger charge is -2.48. The van der Waals surface area contributed by atoms with Crippen molar-refractivity contribution in [1.82, 2.24) is 5.06 Å². The lowest BCUT2D eigenvalue weighted by atomic mass is 9.92. The Labute approximate surface area is 148 Å². The van der Waals surface area contributed by atoms with Gasteiger partial charge in [-0.15, -0.1) is 0 Å². The molecule has 3 heterocycles. The van der Waals surface area contributed by atoms with Crippen LogP contribution in [0.1, 0.15) is 19.4 Å². The van der Waals surface area contributed by atoms with E-state index in [0.29, 0.717) is 0 Å². The summed E-state index contributed by atoms with van der Waals surface area (Å²) in [7, 11) is 0. The highest BCUT2D eigenvalue weighted by atomic mass is 79.9. The molecule has 0 N–H and O–H groups in total. The van der Waals surface area contributed by atoms with Gasteiger partial charge in [-0.25, -0.2) is 9.63 Å². The number of benzene rings is 1. The monoisotopic (exact) mass is 395 g/mol. The Bertz CT molecular complexity index is 679. The lowest BCUT2D eigenvalue weighted by molar-refractivity contribution is -0.262. The summed E-state index contributed by atoms with van der Waals surface area (Å²) in [6.45, 7) is 3.88. The average Bonchev–Trinajstić information content (AvgIpc) is 2.91. The second-order valence-electron chi connectivity index (χ2n) is 6.53. The van der Waals surface area contributed by atoms with Crippen LogP contribution in [0.4, 0.5) is 4.79 Å². The zero-order valence-corrected chi connectivity index (χ0v) is 14.9. The van der Waals surface area contributed by atoms with Crippen molar-refractivity contribution < 1.29 is 23.8 Å². The molecule has 0 aromatic heterocycles. The zero-order valence-electron chi connectivity index (χ0n) is 13.3. The molecule has 1 aromatic carbocycles. The van der Waals surface area contributed by atoms with Crippen LogP contribution in [0.15, 0.2) is 42.5 Å². The van der Waals surface area contributed by atoms with Gasteiger partial charge in [0, 0.05) is 0 Å². The van der Waals surface area contributed by atoms with E-state index in [0.717, 1.165) is 5.56 Å². The molecule has 0 spiro atoms. The molecule has 0 radical (unpaired) electrons. The molecule has 3 aliphatic heterocycles. The predicted octanol–water partition coefficient (Wildman–Crippen LogP) is 3.12. The van der Waals surface area contributed by atoms with E-state index < -0.39 is 16.4 Å². The third-order valence-electron chi connectivity index (χ3n) is 4.27. The highest BCUT2D eigenvalue weighted by Crippen LogP contribution is 2.49. The van der Waals surface area contributed by atoms with Gasteiger partial charge >= 0.3 is 6.09 Å². The van der Waals surface area contributed by atoms with E-state index in [2.05, 4.69) is 15.9 Å². The Morgan fingerprint density at radius 3 is 2.79 bits per heavy atom. The number of alkyl halides is 1. The summed E-state index contributed by atoms with van der Waals surface area (Å²) in [5.74, 6) is -0.730. The fourth-order valence-electron chi connectivity index (χ4n) is 3.22. The molecule has 0 saturated carbocycles. The van der Waals surface area contributed by atoms with E-state index >= 15 is 0 Å².